The summed E-state index contributed by atoms with van der Waals surface area (Å²) in [7, 11) is 0. The van der Waals surface area contributed by atoms with Gasteiger partial charge >= 0.3 is 0 Å². The van der Waals surface area contributed by atoms with Crippen LogP contribution < -0.4 is 5.32 Å². The van der Waals surface area contributed by atoms with Crippen molar-refractivity contribution in [3.8, 4) is 0 Å². The van der Waals surface area contributed by atoms with Crippen molar-refractivity contribution < 1.29 is 0 Å². The molecule has 0 atom stereocenters. The fourth-order valence-electron chi connectivity index (χ4n) is 2.89. The van der Waals surface area contributed by atoms with E-state index in [9.17, 15) is 0 Å². The summed E-state index contributed by atoms with van der Waals surface area (Å²) >= 11 is 6.24. The summed E-state index contributed by atoms with van der Waals surface area (Å²) in [5.74, 6) is 0. The highest BCUT2D eigenvalue weighted by molar-refractivity contribution is 6.35. The van der Waals surface area contributed by atoms with Gasteiger partial charge in [-0.3, -0.25) is 0 Å². The lowest BCUT2D eigenvalue weighted by Gasteiger charge is -2.27. The third-order valence-corrected chi connectivity index (χ3v) is 4.31. The molecule has 0 amide bonds. The van der Waals surface area contributed by atoms with Gasteiger partial charge in [-0.25, -0.2) is 0 Å². The molecule has 2 N–H and O–H groups in total. The number of halogens is 1. The van der Waals surface area contributed by atoms with Crippen LogP contribution in [0.1, 0.15) is 11.3 Å². The van der Waals surface area contributed by atoms with Crippen LogP contribution in [0.5, 0.6) is 0 Å². The van der Waals surface area contributed by atoms with Crippen LogP contribution in [0, 0.1) is 6.92 Å². The van der Waals surface area contributed by atoms with Gasteiger partial charge in [-0.1, -0.05) is 23.7 Å². The molecule has 0 bridgehead atoms. The average Bonchev–Trinajstić information content (AvgIpc) is 2.75. The predicted molar refractivity (Wildman–Crippen MR) is 81.1 cm³/mol. The summed E-state index contributed by atoms with van der Waals surface area (Å²) in [5.41, 5.74) is 3.74. The van der Waals surface area contributed by atoms with E-state index in [4.69, 9.17) is 11.6 Å². The maximum absolute atomic E-state index is 6.24. The van der Waals surface area contributed by atoms with E-state index in [1.165, 1.54) is 16.6 Å². The SMILES string of the molecule is Cc1[nH]c2c(Cl)cccc2c1CCN1CCNCC1. The van der Waals surface area contributed by atoms with Gasteiger partial charge in [0, 0.05) is 43.8 Å². The fraction of sp³-hybridized carbons (Fsp3) is 0.467. The Bertz CT molecular complexity index is 570. The first-order valence-electron chi connectivity index (χ1n) is 6.94. The summed E-state index contributed by atoms with van der Waals surface area (Å²) in [6, 6.07) is 6.14. The zero-order chi connectivity index (χ0) is 13.2. The van der Waals surface area contributed by atoms with Gasteiger partial charge < -0.3 is 15.2 Å². The number of nitrogens with zero attached hydrogens (tertiary/aromatic N) is 1. The van der Waals surface area contributed by atoms with Crippen molar-refractivity contribution in [2.24, 2.45) is 0 Å². The highest BCUT2D eigenvalue weighted by Gasteiger charge is 2.13. The molecule has 0 saturated carbocycles. The van der Waals surface area contributed by atoms with Gasteiger partial charge in [0.25, 0.3) is 0 Å². The Balaban J connectivity index is 1.80. The molecular weight excluding hydrogens is 258 g/mol. The number of hydrogen-bond donors (Lipinski definition) is 2. The van der Waals surface area contributed by atoms with E-state index >= 15 is 0 Å². The average molecular weight is 278 g/mol. The van der Waals surface area contributed by atoms with Gasteiger partial charge in [0.15, 0.2) is 0 Å². The third kappa shape index (κ3) is 2.64. The van der Waals surface area contributed by atoms with Crippen LogP contribution in [-0.4, -0.2) is 42.6 Å². The minimum atomic E-state index is 0.814. The molecule has 1 aliphatic rings. The van der Waals surface area contributed by atoms with E-state index in [2.05, 4.69) is 28.2 Å². The molecule has 1 aromatic heterocycles. The van der Waals surface area contributed by atoms with Crippen molar-refractivity contribution in [3.63, 3.8) is 0 Å². The molecule has 0 aliphatic carbocycles. The highest BCUT2D eigenvalue weighted by Crippen LogP contribution is 2.28. The lowest BCUT2D eigenvalue weighted by atomic mass is 10.1. The van der Waals surface area contributed by atoms with Gasteiger partial charge in [0.2, 0.25) is 0 Å². The van der Waals surface area contributed by atoms with E-state index in [-0.39, 0.29) is 0 Å². The Kier molecular flexibility index (Phi) is 3.78. The van der Waals surface area contributed by atoms with Gasteiger partial charge in [-0.05, 0) is 25.0 Å². The molecule has 1 aromatic carbocycles. The van der Waals surface area contributed by atoms with Crippen molar-refractivity contribution in [2.75, 3.05) is 32.7 Å². The maximum Gasteiger partial charge on any atom is 0.0648 e. The molecule has 3 rings (SSSR count). The molecule has 3 nitrogen and oxygen atoms in total. The monoisotopic (exact) mass is 277 g/mol. The van der Waals surface area contributed by atoms with E-state index in [0.29, 0.717) is 0 Å². The lowest BCUT2D eigenvalue weighted by molar-refractivity contribution is 0.244. The van der Waals surface area contributed by atoms with Crippen molar-refractivity contribution in [2.45, 2.75) is 13.3 Å². The van der Waals surface area contributed by atoms with Crippen molar-refractivity contribution in [1.82, 2.24) is 15.2 Å². The smallest absolute Gasteiger partial charge is 0.0648 e. The number of aromatic amines is 1. The van der Waals surface area contributed by atoms with Gasteiger partial charge in [-0.15, -0.1) is 0 Å². The number of H-pyrrole nitrogens is 1. The molecule has 1 saturated heterocycles. The summed E-state index contributed by atoms with van der Waals surface area (Å²) < 4.78 is 0. The second-order valence-corrected chi connectivity index (χ2v) is 5.64. The Labute approximate surface area is 118 Å². The van der Waals surface area contributed by atoms with Crippen LogP contribution in [0.3, 0.4) is 0 Å². The molecule has 4 heteroatoms. The molecule has 0 spiro atoms. The summed E-state index contributed by atoms with van der Waals surface area (Å²) in [5, 5.41) is 5.48. The number of aromatic nitrogens is 1. The number of para-hydroxylation sites is 1. The molecule has 1 aliphatic heterocycles. The Morgan fingerprint density at radius 1 is 1.26 bits per heavy atom. The Hall–Kier alpha value is -1.03. The molecule has 2 heterocycles. The maximum atomic E-state index is 6.24. The predicted octanol–water partition coefficient (Wildman–Crippen LogP) is 2.58. The zero-order valence-electron chi connectivity index (χ0n) is 11.3. The van der Waals surface area contributed by atoms with Crippen molar-refractivity contribution in [3.05, 3.63) is 34.5 Å². The molecule has 102 valence electrons. The Morgan fingerprint density at radius 2 is 2.05 bits per heavy atom. The van der Waals surface area contributed by atoms with Gasteiger partial charge in [-0.2, -0.15) is 0 Å². The quantitative estimate of drug-likeness (QED) is 0.904. The molecule has 0 radical (unpaired) electrons. The fourth-order valence-corrected chi connectivity index (χ4v) is 3.12. The van der Waals surface area contributed by atoms with E-state index in [1.54, 1.807) is 0 Å². The number of fused-ring (bicyclic) bond motifs is 1. The number of benzene rings is 1. The van der Waals surface area contributed by atoms with Crippen LogP contribution in [0.25, 0.3) is 10.9 Å². The second-order valence-electron chi connectivity index (χ2n) is 5.23. The van der Waals surface area contributed by atoms with Crippen molar-refractivity contribution >= 4 is 22.5 Å². The van der Waals surface area contributed by atoms with Crippen LogP contribution in [0.4, 0.5) is 0 Å². The number of aryl methyl sites for hydroxylation is 1. The second kappa shape index (κ2) is 5.53. The largest absolute Gasteiger partial charge is 0.357 e. The third-order valence-electron chi connectivity index (χ3n) is 3.99. The number of nitrogens with one attached hydrogen (secondary N) is 2. The molecule has 19 heavy (non-hydrogen) atoms. The van der Waals surface area contributed by atoms with Crippen LogP contribution >= 0.6 is 11.6 Å². The van der Waals surface area contributed by atoms with Crippen LogP contribution in [0.15, 0.2) is 18.2 Å². The normalized spacial score (nSPS) is 17.2. The van der Waals surface area contributed by atoms with E-state index < -0.39 is 0 Å². The minimum Gasteiger partial charge on any atom is -0.357 e. The lowest BCUT2D eigenvalue weighted by Crippen LogP contribution is -2.44. The molecule has 1 fully saturated rings. The minimum absolute atomic E-state index is 0.814. The topological polar surface area (TPSA) is 31.1 Å². The van der Waals surface area contributed by atoms with Gasteiger partial charge in [0.05, 0.1) is 10.5 Å². The first kappa shape index (κ1) is 13.0. The van der Waals surface area contributed by atoms with Crippen molar-refractivity contribution in [1.29, 1.82) is 0 Å². The van der Waals surface area contributed by atoms with Gasteiger partial charge in [0.1, 0.15) is 0 Å². The first-order valence-corrected chi connectivity index (χ1v) is 7.32. The number of hydrogen-bond acceptors (Lipinski definition) is 2. The zero-order valence-corrected chi connectivity index (χ0v) is 12.1. The van der Waals surface area contributed by atoms with Crippen LogP contribution in [-0.2, 0) is 6.42 Å². The first-order chi connectivity index (χ1) is 9.25. The highest BCUT2D eigenvalue weighted by atomic mass is 35.5. The van der Waals surface area contributed by atoms with E-state index in [0.717, 1.165) is 49.7 Å². The summed E-state index contributed by atoms with van der Waals surface area (Å²) in [4.78, 5) is 5.95. The summed E-state index contributed by atoms with van der Waals surface area (Å²) in [6.45, 7) is 7.80. The van der Waals surface area contributed by atoms with E-state index in [1.807, 2.05) is 12.1 Å². The molecular formula is C15H20ClN3. The summed E-state index contributed by atoms with van der Waals surface area (Å²) in [6.07, 6.45) is 1.09. The van der Waals surface area contributed by atoms with Crippen LogP contribution in [0.2, 0.25) is 5.02 Å². The molecule has 0 unspecified atom stereocenters. The number of piperazine rings is 1. The standard InChI is InChI=1S/C15H20ClN3/c1-11-12(5-8-19-9-6-17-7-10-19)13-3-2-4-14(16)15(13)18-11/h2-4,17-18H,5-10H2,1H3. The number of rotatable bonds is 3. The Morgan fingerprint density at radius 3 is 2.84 bits per heavy atom. The molecule has 2 aromatic rings.